The third-order valence-electron chi connectivity index (χ3n) is 5.62. The highest BCUT2D eigenvalue weighted by Crippen LogP contribution is 2.31. The molecule has 0 aromatic rings. The Bertz CT molecular complexity index is 318. The van der Waals surface area contributed by atoms with Gasteiger partial charge in [0.25, 0.3) is 0 Å². The second-order valence-electron chi connectivity index (χ2n) is 7.31. The summed E-state index contributed by atoms with van der Waals surface area (Å²) >= 11 is 0. The molecule has 120 valence electrons. The lowest BCUT2D eigenvalue weighted by Crippen LogP contribution is -2.12. The molecule has 21 heavy (non-hydrogen) atoms. The fourth-order valence-corrected chi connectivity index (χ4v) is 4.19. The van der Waals surface area contributed by atoms with Gasteiger partial charge < -0.3 is 0 Å². The zero-order valence-electron chi connectivity index (χ0n) is 13.8. The molecule has 3 rings (SSSR count). The van der Waals surface area contributed by atoms with Crippen molar-refractivity contribution in [2.45, 2.75) is 96.3 Å². The molecule has 0 aromatic carbocycles. The van der Waals surface area contributed by atoms with Crippen molar-refractivity contribution in [3.8, 4) is 0 Å². The van der Waals surface area contributed by atoms with E-state index in [1.54, 1.807) is 0 Å². The zero-order valence-corrected chi connectivity index (χ0v) is 13.8. The highest BCUT2D eigenvalue weighted by molar-refractivity contribution is 5.73. The Balaban J connectivity index is 1.95. The van der Waals surface area contributed by atoms with Crippen molar-refractivity contribution in [1.29, 1.82) is 0 Å². The first-order chi connectivity index (χ1) is 10.4. The van der Waals surface area contributed by atoms with Gasteiger partial charge in [-0.2, -0.15) is 0 Å². The summed E-state index contributed by atoms with van der Waals surface area (Å²) in [6, 6.07) is 0. The first-order valence-corrected chi connectivity index (χ1v) is 9.55. The Labute approximate surface area is 131 Å². The van der Waals surface area contributed by atoms with Crippen molar-refractivity contribution in [1.82, 2.24) is 0 Å². The summed E-state index contributed by atoms with van der Waals surface area (Å²) in [5.41, 5.74) is 1.13. The molecular formula is C20H34O. The first-order valence-electron chi connectivity index (χ1n) is 9.55. The molecule has 0 spiro atoms. The molecular weight excluding hydrogens is 256 g/mol. The molecule has 3 aliphatic carbocycles. The Kier molecular flexibility index (Phi) is 8.14. The van der Waals surface area contributed by atoms with Crippen LogP contribution in [-0.2, 0) is 4.79 Å². The summed E-state index contributed by atoms with van der Waals surface area (Å²) < 4.78 is 0. The van der Waals surface area contributed by atoms with Crippen LogP contribution in [0.3, 0.4) is 0 Å². The smallest absolute Gasteiger partial charge is 0.145 e. The van der Waals surface area contributed by atoms with Gasteiger partial charge in [-0.3, -0.25) is 4.79 Å². The van der Waals surface area contributed by atoms with E-state index in [-0.39, 0.29) is 0 Å². The second-order valence-corrected chi connectivity index (χ2v) is 7.31. The summed E-state index contributed by atoms with van der Waals surface area (Å²) in [5, 5.41) is 0. The van der Waals surface area contributed by atoms with E-state index in [1.807, 2.05) is 0 Å². The van der Waals surface area contributed by atoms with Crippen molar-refractivity contribution in [3.63, 3.8) is 0 Å². The second kappa shape index (κ2) is 10.2. The normalized spacial score (nSPS) is 32.9. The molecule has 0 amide bonds. The maximum absolute atomic E-state index is 11.4. The highest BCUT2D eigenvalue weighted by Gasteiger charge is 2.18. The lowest BCUT2D eigenvalue weighted by atomic mass is 9.81. The van der Waals surface area contributed by atoms with Crippen LogP contribution in [0.4, 0.5) is 0 Å². The summed E-state index contributed by atoms with van der Waals surface area (Å²) in [6.07, 6.45) is 23.9. The number of hydrogen-bond donors (Lipinski definition) is 0. The summed E-state index contributed by atoms with van der Waals surface area (Å²) in [7, 11) is 0. The third-order valence-corrected chi connectivity index (χ3v) is 5.62. The number of rotatable bonds is 1. The summed E-state index contributed by atoms with van der Waals surface area (Å²) in [4.78, 5) is 11.4. The monoisotopic (exact) mass is 290 g/mol. The Morgan fingerprint density at radius 1 is 0.714 bits per heavy atom. The Hall–Kier alpha value is -0.590. The van der Waals surface area contributed by atoms with Gasteiger partial charge in [-0.1, -0.05) is 83.1 Å². The van der Waals surface area contributed by atoms with Crippen molar-refractivity contribution < 1.29 is 4.79 Å². The molecule has 2 atom stereocenters. The standard InChI is InChI=1S/C20H34O/c21-17-20-16-15-18-11-8-6-4-2-1-3-5-7-9-13-19(20)14-10-12-18/h16-19H,1-15H2/b20-16-. The average Bonchev–Trinajstić information content (AvgIpc) is 2.47. The van der Waals surface area contributed by atoms with Gasteiger partial charge in [0.15, 0.2) is 0 Å². The van der Waals surface area contributed by atoms with Crippen LogP contribution in [0.1, 0.15) is 96.3 Å². The Morgan fingerprint density at radius 2 is 1.24 bits per heavy atom. The lowest BCUT2D eigenvalue weighted by Gasteiger charge is -2.24. The highest BCUT2D eigenvalue weighted by atomic mass is 16.1. The maximum Gasteiger partial charge on any atom is 0.145 e. The number of carbonyl (C=O) groups is 1. The van der Waals surface area contributed by atoms with Gasteiger partial charge in [0.2, 0.25) is 0 Å². The largest absolute Gasteiger partial charge is 0.298 e. The van der Waals surface area contributed by atoms with Crippen LogP contribution >= 0.6 is 0 Å². The van der Waals surface area contributed by atoms with Gasteiger partial charge >= 0.3 is 0 Å². The minimum atomic E-state index is 0.566. The van der Waals surface area contributed by atoms with E-state index in [4.69, 9.17) is 0 Å². The van der Waals surface area contributed by atoms with Crippen LogP contribution in [0.25, 0.3) is 0 Å². The van der Waals surface area contributed by atoms with E-state index in [2.05, 4.69) is 6.08 Å². The van der Waals surface area contributed by atoms with Crippen LogP contribution in [0.2, 0.25) is 0 Å². The lowest BCUT2D eigenvalue weighted by molar-refractivity contribution is -0.105. The third kappa shape index (κ3) is 6.36. The predicted octanol–water partition coefficient (Wildman–Crippen LogP) is 6.22. The van der Waals surface area contributed by atoms with Gasteiger partial charge in [-0.05, 0) is 36.7 Å². The molecule has 3 aliphatic rings. The molecule has 1 heteroatoms. The van der Waals surface area contributed by atoms with Crippen molar-refractivity contribution in [2.24, 2.45) is 11.8 Å². The first kappa shape index (κ1) is 16.8. The van der Waals surface area contributed by atoms with Crippen LogP contribution in [0.15, 0.2) is 11.6 Å². The van der Waals surface area contributed by atoms with Crippen LogP contribution in [-0.4, -0.2) is 6.29 Å². The summed E-state index contributed by atoms with van der Waals surface area (Å²) in [6.45, 7) is 0. The van der Waals surface area contributed by atoms with E-state index in [0.717, 1.165) is 24.2 Å². The molecule has 0 aromatic heterocycles. The SMILES string of the molecule is O=C/C1=C/CC2CCCCCCCCCCCC1CCC2. The van der Waals surface area contributed by atoms with Gasteiger partial charge in [-0.25, -0.2) is 0 Å². The average molecular weight is 290 g/mol. The van der Waals surface area contributed by atoms with Crippen molar-refractivity contribution in [2.75, 3.05) is 0 Å². The van der Waals surface area contributed by atoms with Gasteiger partial charge in [-0.15, -0.1) is 0 Å². The maximum atomic E-state index is 11.4. The fraction of sp³-hybridized carbons (Fsp3) is 0.850. The van der Waals surface area contributed by atoms with E-state index in [0.29, 0.717) is 5.92 Å². The minimum absolute atomic E-state index is 0.566. The topological polar surface area (TPSA) is 17.1 Å². The minimum Gasteiger partial charge on any atom is -0.298 e. The molecule has 1 fully saturated rings. The summed E-state index contributed by atoms with van der Waals surface area (Å²) in [5.74, 6) is 1.41. The molecule has 2 unspecified atom stereocenters. The molecule has 0 saturated heterocycles. The molecule has 1 nitrogen and oxygen atoms in total. The fourth-order valence-electron chi connectivity index (χ4n) is 4.19. The van der Waals surface area contributed by atoms with Crippen LogP contribution in [0.5, 0.6) is 0 Å². The van der Waals surface area contributed by atoms with Crippen molar-refractivity contribution in [3.05, 3.63) is 11.6 Å². The van der Waals surface area contributed by atoms with Gasteiger partial charge in [0.05, 0.1) is 0 Å². The molecule has 2 bridgehead atoms. The number of aldehydes is 1. The molecule has 0 heterocycles. The van der Waals surface area contributed by atoms with E-state index in [9.17, 15) is 4.79 Å². The zero-order chi connectivity index (χ0) is 14.8. The Morgan fingerprint density at radius 3 is 1.90 bits per heavy atom. The van der Waals surface area contributed by atoms with Gasteiger partial charge in [0.1, 0.15) is 6.29 Å². The van der Waals surface area contributed by atoms with Crippen LogP contribution in [0, 0.1) is 11.8 Å². The molecule has 0 N–H and O–H groups in total. The van der Waals surface area contributed by atoms with E-state index < -0.39 is 0 Å². The molecule has 0 aliphatic heterocycles. The molecule has 0 radical (unpaired) electrons. The van der Waals surface area contributed by atoms with Crippen molar-refractivity contribution >= 4 is 6.29 Å². The quantitative estimate of drug-likeness (QED) is 0.524. The molecule has 1 saturated carbocycles. The predicted molar refractivity (Wildman–Crippen MR) is 90.4 cm³/mol. The van der Waals surface area contributed by atoms with Crippen LogP contribution < -0.4 is 0 Å². The number of carbonyl (C=O) groups excluding carboxylic acids is 1. The number of hydrogen-bond acceptors (Lipinski definition) is 1. The van der Waals surface area contributed by atoms with E-state index >= 15 is 0 Å². The van der Waals surface area contributed by atoms with E-state index in [1.165, 1.54) is 89.9 Å². The number of fused-ring (bicyclic) bond motifs is 13. The number of allylic oxidation sites excluding steroid dienone is 2. The van der Waals surface area contributed by atoms with Gasteiger partial charge in [0, 0.05) is 0 Å².